The summed E-state index contributed by atoms with van der Waals surface area (Å²) in [5, 5.41) is 9.74. The zero-order valence-electron chi connectivity index (χ0n) is 18.4. The molecule has 1 saturated heterocycles. The topological polar surface area (TPSA) is 127 Å². The Morgan fingerprint density at radius 1 is 1.18 bits per heavy atom. The highest BCUT2D eigenvalue weighted by Gasteiger charge is 2.29. The molecular weight excluding hydrogens is 446 g/mol. The Kier molecular flexibility index (Phi) is 6.72. The van der Waals surface area contributed by atoms with Gasteiger partial charge in [-0.25, -0.2) is 13.4 Å². The molecule has 0 aliphatic carbocycles. The molecule has 1 aliphatic rings. The summed E-state index contributed by atoms with van der Waals surface area (Å²) >= 11 is 0. The summed E-state index contributed by atoms with van der Waals surface area (Å²) in [5.41, 5.74) is 2.00. The minimum atomic E-state index is -3.77. The van der Waals surface area contributed by atoms with Crippen molar-refractivity contribution in [1.82, 2.24) is 19.5 Å². The van der Waals surface area contributed by atoms with Gasteiger partial charge in [0.25, 0.3) is 0 Å². The highest BCUT2D eigenvalue weighted by Crippen LogP contribution is 2.29. The first-order valence-corrected chi connectivity index (χ1v) is 11.8. The summed E-state index contributed by atoms with van der Waals surface area (Å²) in [6.07, 6.45) is 0.0114. The molecule has 3 aromatic rings. The molecule has 2 heterocycles. The van der Waals surface area contributed by atoms with E-state index in [1.165, 1.54) is 17.5 Å². The number of aromatic nitrogens is 3. The number of benzene rings is 2. The van der Waals surface area contributed by atoms with Gasteiger partial charge in [0.2, 0.25) is 15.9 Å². The fourth-order valence-corrected chi connectivity index (χ4v) is 5.14. The van der Waals surface area contributed by atoms with Crippen molar-refractivity contribution in [2.45, 2.75) is 18.2 Å². The molecule has 0 spiro atoms. The summed E-state index contributed by atoms with van der Waals surface area (Å²) in [7, 11) is -2.35. The fourth-order valence-electron chi connectivity index (χ4n) is 3.52. The van der Waals surface area contributed by atoms with Crippen LogP contribution < -0.4 is 10.1 Å². The predicted molar refractivity (Wildman–Crippen MR) is 121 cm³/mol. The van der Waals surface area contributed by atoms with Crippen molar-refractivity contribution in [3.63, 3.8) is 0 Å². The number of nitrogens with zero attached hydrogens (tertiary/aromatic N) is 3. The van der Waals surface area contributed by atoms with Gasteiger partial charge in [-0.05, 0) is 48.9 Å². The third-order valence-corrected chi connectivity index (χ3v) is 7.12. The molecule has 174 valence electrons. The molecule has 0 radical (unpaired) electrons. The third-order valence-electron chi connectivity index (χ3n) is 5.20. The van der Waals surface area contributed by atoms with Crippen molar-refractivity contribution in [1.29, 1.82) is 0 Å². The average molecular weight is 472 g/mol. The van der Waals surface area contributed by atoms with Crippen molar-refractivity contribution >= 4 is 21.6 Å². The van der Waals surface area contributed by atoms with E-state index in [4.69, 9.17) is 9.47 Å². The van der Waals surface area contributed by atoms with Crippen LogP contribution in [0.15, 0.2) is 47.4 Å². The Bertz CT molecular complexity index is 1230. The number of carbonyl (C=O) groups is 1. The molecule has 2 N–H and O–H groups in total. The number of H-pyrrole nitrogens is 1. The van der Waals surface area contributed by atoms with Gasteiger partial charge in [0, 0.05) is 24.3 Å². The smallest absolute Gasteiger partial charge is 0.246 e. The lowest BCUT2D eigenvalue weighted by molar-refractivity contribution is -0.115. The average Bonchev–Trinajstić information content (AvgIpc) is 3.26. The Morgan fingerprint density at radius 3 is 2.55 bits per heavy atom. The van der Waals surface area contributed by atoms with E-state index in [-0.39, 0.29) is 36.1 Å². The van der Waals surface area contributed by atoms with Gasteiger partial charge in [-0.15, -0.1) is 0 Å². The molecular formula is C22H25N5O5S. The van der Waals surface area contributed by atoms with E-state index in [2.05, 4.69) is 20.5 Å². The lowest BCUT2D eigenvalue weighted by atomic mass is 10.1. The Morgan fingerprint density at radius 2 is 1.91 bits per heavy atom. The van der Waals surface area contributed by atoms with Crippen LogP contribution in [0.5, 0.6) is 5.75 Å². The number of morpholine rings is 1. The van der Waals surface area contributed by atoms with Gasteiger partial charge in [0.1, 0.15) is 16.5 Å². The second kappa shape index (κ2) is 9.69. The van der Waals surface area contributed by atoms with E-state index in [0.717, 1.165) is 11.4 Å². The molecule has 11 heteroatoms. The first-order valence-electron chi connectivity index (χ1n) is 10.4. The highest BCUT2D eigenvalue weighted by molar-refractivity contribution is 7.89. The van der Waals surface area contributed by atoms with Gasteiger partial charge in [-0.3, -0.25) is 9.89 Å². The van der Waals surface area contributed by atoms with Crippen LogP contribution in [0.3, 0.4) is 0 Å². The number of carbonyl (C=O) groups excluding carboxylic acids is 1. The number of rotatable bonds is 7. The molecule has 0 bridgehead atoms. The zero-order chi connectivity index (χ0) is 23.4. The second-order valence-corrected chi connectivity index (χ2v) is 9.45. The molecule has 4 rings (SSSR count). The quantitative estimate of drug-likeness (QED) is 0.540. The molecule has 1 aromatic heterocycles. The number of sulfonamides is 1. The summed E-state index contributed by atoms with van der Waals surface area (Å²) in [5.74, 6) is 1.27. The van der Waals surface area contributed by atoms with E-state index in [1.807, 2.05) is 19.1 Å². The summed E-state index contributed by atoms with van der Waals surface area (Å²) in [6.45, 7) is 3.07. The van der Waals surface area contributed by atoms with Gasteiger partial charge in [-0.1, -0.05) is 6.07 Å². The number of aromatic amines is 1. The lowest BCUT2D eigenvalue weighted by Gasteiger charge is -2.26. The van der Waals surface area contributed by atoms with Crippen LogP contribution in [0.2, 0.25) is 0 Å². The highest BCUT2D eigenvalue weighted by atomic mass is 32.2. The van der Waals surface area contributed by atoms with Crippen LogP contribution in [-0.2, 0) is 26.0 Å². The third kappa shape index (κ3) is 5.21. The monoisotopic (exact) mass is 471 g/mol. The molecule has 1 amide bonds. The van der Waals surface area contributed by atoms with E-state index < -0.39 is 10.0 Å². The number of nitrogens with one attached hydrogen (secondary N) is 2. The minimum absolute atomic E-state index is 0.0114. The summed E-state index contributed by atoms with van der Waals surface area (Å²) in [4.78, 5) is 16.9. The largest absolute Gasteiger partial charge is 0.495 e. The van der Waals surface area contributed by atoms with Crippen molar-refractivity contribution < 1.29 is 22.7 Å². The fraction of sp³-hybridized carbons (Fsp3) is 0.318. The zero-order valence-corrected chi connectivity index (χ0v) is 19.2. The maximum atomic E-state index is 13.1. The maximum absolute atomic E-state index is 13.1. The molecule has 1 aliphatic heterocycles. The van der Waals surface area contributed by atoms with Crippen molar-refractivity contribution in [3.8, 4) is 17.1 Å². The normalized spacial score (nSPS) is 14.7. The molecule has 1 fully saturated rings. The van der Waals surface area contributed by atoms with Gasteiger partial charge >= 0.3 is 0 Å². The Balaban J connectivity index is 1.47. The van der Waals surface area contributed by atoms with Gasteiger partial charge < -0.3 is 14.8 Å². The number of anilines is 1. The van der Waals surface area contributed by atoms with Gasteiger partial charge in [-0.2, -0.15) is 9.40 Å². The molecule has 0 saturated carbocycles. The van der Waals surface area contributed by atoms with Crippen LogP contribution in [0, 0.1) is 6.92 Å². The first-order chi connectivity index (χ1) is 15.9. The minimum Gasteiger partial charge on any atom is -0.495 e. The van der Waals surface area contributed by atoms with E-state index in [0.29, 0.717) is 30.3 Å². The van der Waals surface area contributed by atoms with Crippen LogP contribution in [0.25, 0.3) is 11.4 Å². The van der Waals surface area contributed by atoms with Crippen LogP contribution in [0.4, 0.5) is 5.69 Å². The number of methoxy groups -OCH3 is 1. The Hall–Kier alpha value is -3.28. The molecule has 33 heavy (non-hydrogen) atoms. The SMILES string of the molecule is COc1ccc(CC(=O)Nc2ccc(-c3n[nH]c(C)n3)cc2)cc1S(=O)(=O)N1CCOCC1. The summed E-state index contributed by atoms with van der Waals surface area (Å²) < 4.78 is 38.2. The van der Waals surface area contributed by atoms with E-state index >= 15 is 0 Å². The van der Waals surface area contributed by atoms with Crippen molar-refractivity contribution in [2.24, 2.45) is 0 Å². The number of amides is 1. The number of hydrogen-bond acceptors (Lipinski definition) is 7. The van der Waals surface area contributed by atoms with E-state index in [9.17, 15) is 13.2 Å². The van der Waals surface area contributed by atoms with E-state index in [1.54, 1.807) is 24.3 Å². The maximum Gasteiger partial charge on any atom is 0.246 e. The van der Waals surface area contributed by atoms with Crippen LogP contribution >= 0.6 is 0 Å². The predicted octanol–water partition coefficient (Wildman–Crippen LogP) is 1.99. The molecule has 10 nitrogen and oxygen atoms in total. The molecule has 0 atom stereocenters. The first kappa shape index (κ1) is 22.9. The summed E-state index contributed by atoms with van der Waals surface area (Å²) in [6, 6.07) is 11.9. The van der Waals surface area contributed by atoms with Crippen molar-refractivity contribution in [3.05, 3.63) is 53.9 Å². The van der Waals surface area contributed by atoms with Crippen molar-refractivity contribution in [2.75, 3.05) is 38.7 Å². The Labute approximate surface area is 192 Å². The van der Waals surface area contributed by atoms with Crippen LogP contribution in [-0.4, -0.2) is 67.2 Å². The van der Waals surface area contributed by atoms with Crippen LogP contribution in [0.1, 0.15) is 11.4 Å². The standard InChI is InChI=1S/C22H25N5O5S/c1-15-23-22(26-25-15)17-4-6-18(7-5-17)24-21(28)14-16-3-8-19(31-2)20(13-16)33(29,30)27-9-11-32-12-10-27/h3-8,13H,9-12,14H2,1-2H3,(H,24,28)(H,23,25,26). The van der Waals surface area contributed by atoms with Gasteiger partial charge in [0.15, 0.2) is 5.82 Å². The second-order valence-electron chi connectivity index (χ2n) is 7.55. The molecule has 2 aromatic carbocycles. The number of aryl methyl sites for hydroxylation is 1. The molecule has 0 unspecified atom stereocenters. The number of ether oxygens (including phenoxy) is 2. The van der Waals surface area contributed by atoms with Gasteiger partial charge in [0.05, 0.1) is 26.7 Å². The lowest BCUT2D eigenvalue weighted by Crippen LogP contribution is -2.40. The number of hydrogen-bond donors (Lipinski definition) is 2.